The van der Waals surface area contributed by atoms with Crippen molar-refractivity contribution in [3.63, 3.8) is 0 Å². The molecule has 1 aliphatic rings. The van der Waals surface area contributed by atoms with Crippen molar-refractivity contribution >= 4 is 22.6 Å². The van der Waals surface area contributed by atoms with Crippen molar-refractivity contribution in [2.75, 3.05) is 6.54 Å². The molecular formula is C23H19F3N2O3. The van der Waals surface area contributed by atoms with Gasteiger partial charge in [-0.2, -0.15) is 0 Å². The molecule has 1 fully saturated rings. The lowest BCUT2D eigenvalue weighted by Crippen LogP contribution is -2.38. The van der Waals surface area contributed by atoms with Crippen LogP contribution in [0.1, 0.15) is 23.2 Å². The van der Waals surface area contributed by atoms with E-state index in [0.717, 1.165) is 21.9 Å². The number of alkyl halides is 3. The number of fused-ring (bicyclic) bond motifs is 1. The quantitative estimate of drug-likeness (QED) is 0.633. The van der Waals surface area contributed by atoms with E-state index < -0.39 is 6.36 Å². The van der Waals surface area contributed by atoms with E-state index in [2.05, 4.69) is 15.4 Å². The number of halogens is 3. The molecule has 0 aromatic heterocycles. The van der Waals surface area contributed by atoms with E-state index in [1.807, 2.05) is 24.3 Å². The minimum atomic E-state index is -4.72. The minimum absolute atomic E-state index is 0.00303. The highest BCUT2D eigenvalue weighted by Crippen LogP contribution is 2.29. The van der Waals surface area contributed by atoms with Gasteiger partial charge < -0.3 is 15.4 Å². The van der Waals surface area contributed by atoms with Crippen LogP contribution in [0.3, 0.4) is 0 Å². The van der Waals surface area contributed by atoms with Crippen LogP contribution in [0.2, 0.25) is 0 Å². The van der Waals surface area contributed by atoms with Crippen LogP contribution in [0.4, 0.5) is 13.2 Å². The lowest BCUT2D eigenvalue weighted by molar-refractivity contribution is -0.274. The third-order valence-corrected chi connectivity index (χ3v) is 5.12. The topological polar surface area (TPSA) is 67.4 Å². The first-order chi connectivity index (χ1) is 14.8. The Balaban J connectivity index is 1.46. The van der Waals surface area contributed by atoms with Crippen LogP contribution < -0.4 is 15.4 Å². The molecule has 1 atom stereocenters. The summed E-state index contributed by atoms with van der Waals surface area (Å²) < 4.78 is 40.8. The van der Waals surface area contributed by atoms with Crippen LogP contribution in [0.15, 0.2) is 60.7 Å². The molecule has 3 aromatic rings. The maximum Gasteiger partial charge on any atom is 0.573 e. The molecule has 0 aliphatic carbocycles. The van der Waals surface area contributed by atoms with Crippen molar-refractivity contribution in [3.8, 4) is 16.9 Å². The summed E-state index contributed by atoms with van der Waals surface area (Å²) in [4.78, 5) is 23.7. The molecule has 1 heterocycles. The molecule has 0 bridgehead atoms. The van der Waals surface area contributed by atoms with Crippen molar-refractivity contribution in [1.82, 2.24) is 10.6 Å². The van der Waals surface area contributed by atoms with Gasteiger partial charge in [-0.3, -0.25) is 9.59 Å². The second-order valence-electron chi connectivity index (χ2n) is 7.36. The summed E-state index contributed by atoms with van der Waals surface area (Å²) in [6.07, 6.45) is -3.53. The van der Waals surface area contributed by atoms with Crippen LogP contribution in [-0.2, 0) is 4.79 Å². The summed E-state index contributed by atoms with van der Waals surface area (Å²) >= 11 is 0. The van der Waals surface area contributed by atoms with Gasteiger partial charge in [0.1, 0.15) is 5.75 Å². The monoisotopic (exact) mass is 428 g/mol. The molecule has 0 saturated carbocycles. The van der Waals surface area contributed by atoms with Crippen molar-refractivity contribution < 1.29 is 27.5 Å². The van der Waals surface area contributed by atoms with E-state index in [4.69, 9.17) is 0 Å². The van der Waals surface area contributed by atoms with Gasteiger partial charge in [0.25, 0.3) is 5.91 Å². The Bertz CT molecular complexity index is 1130. The summed E-state index contributed by atoms with van der Waals surface area (Å²) in [6.45, 7) is 0.385. The van der Waals surface area contributed by atoms with Crippen LogP contribution in [-0.4, -0.2) is 30.8 Å². The average molecular weight is 428 g/mol. The molecular weight excluding hydrogens is 409 g/mol. The molecule has 1 aliphatic heterocycles. The molecule has 0 spiro atoms. The Hall–Kier alpha value is -3.55. The molecule has 2 amide bonds. The molecule has 1 saturated heterocycles. The number of hydrogen-bond acceptors (Lipinski definition) is 3. The van der Waals surface area contributed by atoms with Gasteiger partial charge in [-0.1, -0.05) is 30.3 Å². The van der Waals surface area contributed by atoms with Crippen molar-refractivity contribution in [3.05, 3.63) is 66.2 Å². The number of ether oxygens (including phenoxy) is 1. The standard InChI is InChI=1S/C23H19F3N2O3/c24-23(25,26)31-20-8-5-14(6-9-20)15-1-2-17-12-18(4-3-16(17)11-15)22(30)27-13-19-7-10-21(29)28-19/h1-6,8-9,11-12,19H,7,10,13H2,(H,27,30)(H,28,29). The lowest BCUT2D eigenvalue weighted by Gasteiger charge is -2.12. The molecule has 8 heteroatoms. The SMILES string of the molecule is O=C1CCC(CNC(=O)c2ccc3cc(-c4ccc(OC(F)(F)F)cc4)ccc3c2)N1. The predicted octanol–water partition coefficient (Wildman–Crippen LogP) is 4.41. The van der Waals surface area contributed by atoms with Crippen LogP contribution >= 0.6 is 0 Å². The molecule has 31 heavy (non-hydrogen) atoms. The third kappa shape index (κ3) is 5.14. The first-order valence-electron chi connectivity index (χ1n) is 9.74. The van der Waals surface area contributed by atoms with E-state index in [9.17, 15) is 22.8 Å². The summed E-state index contributed by atoms with van der Waals surface area (Å²) in [6, 6.07) is 16.6. The number of hydrogen-bond donors (Lipinski definition) is 2. The Morgan fingerprint density at radius 2 is 1.68 bits per heavy atom. The highest BCUT2D eigenvalue weighted by molar-refractivity contribution is 5.99. The Morgan fingerprint density at radius 3 is 2.35 bits per heavy atom. The van der Waals surface area contributed by atoms with Gasteiger partial charge in [-0.05, 0) is 58.7 Å². The Labute approximate surface area is 176 Å². The first kappa shape index (κ1) is 20.7. The number of nitrogens with one attached hydrogen (secondary N) is 2. The molecule has 0 radical (unpaired) electrons. The highest BCUT2D eigenvalue weighted by atomic mass is 19.4. The average Bonchev–Trinajstić information content (AvgIpc) is 3.16. The Kier molecular flexibility index (Phi) is 5.54. The zero-order valence-electron chi connectivity index (χ0n) is 16.3. The number of rotatable bonds is 5. The van der Waals surface area contributed by atoms with Gasteiger partial charge in [-0.25, -0.2) is 0 Å². The summed E-state index contributed by atoms with van der Waals surface area (Å²) in [5.74, 6) is -0.486. The fourth-order valence-corrected chi connectivity index (χ4v) is 3.56. The lowest BCUT2D eigenvalue weighted by atomic mass is 9.99. The van der Waals surface area contributed by atoms with Crippen molar-refractivity contribution in [2.24, 2.45) is 0 Å². The van der Waals surface area contributed by atoms with Crippen molar-refractivity contribution in [2.45, 2.75) is 25.2 Å². The fraction of sp³-hybridized carbons (Fsp3) is 0.217. The van der Waals surface area contributed by atoms with Gasteiger partial charge in [-0.15, -0.1) is 13.2 Å². The summed E-state index contributed by atoms with van der Waals surface area (Å²) in [5, 5.41) is 7.41. The number of carbonyl (C=O) groups excluding carboxylic acids is 2. The molecule has 2 N–H and O–H groups in total. The van der Waals surface area contributed by atoms with Gasteiger partial charge in [0, 0.05) is 24.6 Å². The Morgan fingerprint density at radius 1 is 1.00 bits per heavy atom. The molecule has 3 aromatic carbocycles. The summed E-state index contributed by atoms with van der Waals surface area (Å²) in [5.41, 5.74) is 2.09. The number of benzene rings is 3. The second-order valence-corrected chi connectivity index (χ2v) is 7.36. The smallest absolute Gasteiger partial charge is 0.406 e. The molecule has 5 nitrogen and oxygen atoms in total. The largest absolute Gasteiger partial charge is 0.573 e. The van der Waals surface area contributed by atoms with E-state index >= 15 is 0 Å². The normalized spacial score (nSPS) is 16.2. The maximum atomic E-state index is 12.4. The molecule has 1 unspecified atom stereocenters. The van der Waals surface area contributed by atoms with E-state index in [1.54, 1.807) is 24.3 Å². The van der Waals surface area contributed by atoms with Gasteiger partial charge in [0.15, 0.2) is 0 Å². The zero-order chi connectivity index (χ0) is 22.0. The third-order valence-electron chi connectivity index (χ3n) is 5.12. The first-order valence-corrected chi connectivity index (χ1v) is 9.74. The van der Waals surface area contributed by atoms with Crippen LogP contribution in [0.25, 0.3) is 21.9 Å². The maximum absolute atomic E-state index is 12.4. The van der Waals surface area contributed by atoms with Crippen molar-refractivity contribution in [1.29, 1.82) is 0 Å². The van der Waals surface area contributed by atoms with E-state index in [0.29, 0.717) is 24.9 Å². The molecule has 160 valence electrons. The van der Waals surface area contributed by atoms with E-state index in [-0.39, 0.29) is 23.6 Å². The van der Waals surface area contributed by atoms with Crippen LogP contribution in [0.5, 0.6) is 5.75 Å². The zero-order valence-corrected chi connectivity index (χ0v) is 16.3. The molecule has 4 rings (SSSR count). The van der Waals surface area contributed by atoms with Crippen LogP contribution in [0, 0.1) is 0 Å². The van der Waals surface area contributed by atoms with Gasteiger partial charge in [0.05, 0.1) is 0 Å². The number of carbonyl (C=O) groups is 2. The highest BCUT2D eigenvalue weighted by Gasteiger charge is 2.31. The predicted molar refractivity (Wildman–Crippen MR) is 110 cm³/mol. The fourth-order valence-electron chi connectivity index (χ4n) is 3.56. The second kappa shape index (κ2) is 8.29. The van der Waals surface area contributed by atoms with Gasteiger partial charge in [0.2, 0.25) is 5.91 Å². The summed E-state index contributed by atoms with van der Waals surface area (Å²) in [7, 11) is 0. The minimum Gasteiger partial charge on any atom is -0.406 e. The van der Waals surface area contributed by atoms with Gasteiger partial charge >= 0.3 is 6.36 Å². The number of amides is 2. The van der Waals surface area contributed by atoms with E-state index in [1.165, 1.54) is 12.1 Å².